The normalized spacial score (nSPS) is 10.9. The fraction of sp³-hybridized carbons (Fsp3) is 0.0370. The lowest BCUT2D eigenvalue weighted by Crippen LogP contribution is -2.13. The van der Waals surface area contributed by atoms with E-state index in [-0.39, 0.29) is 16.3 Å². The maximum absolute atomic E-state index is 12.9. The maximum Gasteiger partial charge on any atom is 0.259 e. The van der Waals surface area contributed by atoms with E-state index >= 15 is 0 Å². The van der Waals surface area contributed by atoms with Crippen LogP contribution in [0.2, 0.25) is 10.0 Å². The van der Waals surface area contributed by atoms with Crippen molar-refractivity contribution in [3.63, 3.8) is 0 Å². The van der Waals surface area contributed by atoms with E-state index in [1.54, 1.807) is 18.2 Å². The maximum atomic E-state index is 12.9. The number of nitrogens with one attached hydrogen (secondary N) is 1. The molecule has 0 saturated heterocycles. The number of hydrogen-bond acceptors (Lipinski definition) is 4. The minimum atomic E-state index is -0.402. The average molecular weight is 489 g/mol. The molecule has 1 heterocycles. The Morgan fingerprint density at radius 1 is 0.882 bits per heavy atom. The number of halogens is 2. The molecule has 168 valence electrons. The standard InChI is InChI=1S/C27H18Cl2N2O3/c1-33-25-21(13-19(28)14-22(25)29)26(32)30-20-11-12-24-23(15-20)31-27(34-24)18-9-7-17(8-10-18)16-5-3-2-4-6-16/h2-15H,1H3,(H,30,32). The lowest BCUT2D eigenvalue weighted by molar-refractivity contribution is 0.102. The van der Waals surface area contributed by atoms with Gasteiger partial charge >= 0.3 is 0 Å². The number of carbonyl (C=O) groups excluding carboxylic acids is 1. The number of nitrogens with zero attached hydrogens (tertiary/aromatic N) is 1. The summed E-state index contributed by atoms with van der Waals surface area (Å²) in [6.45, 7) is 0. The number of aromatic nitrogens is 1. The summed E-state index contributed by atoms with van der Waals surface area (Å²) < 4.78 is 11.2. The molecule has 0 unspecified atom stereocenters. The van der Waals surface area contributed by atoms with Crippen molar-refractivity contribution in [2.24, 2.45) is 0 Å². The van der Waals surface area contributed by atoms with Gasteiger partial charge in [0.15, 0.2) is 5.58 Å². The summed E-state index contributed by atoms with van der Waals surface area (Å²) in [7, 11) is 1.45. The molecule has 0 bridgehead atoms. The fourth-order valence-corrected chi connectivity index (χ4v) is 4.27. The van der Waals surface area contributed by atoms with Crippen molar-refractivity contribution in [1.29, 1.82) is 0 Å². The van der Waals surface area contributed by atoms with Gasteiger partial charge in [-0.15, -0.1) is 0 Å². The molecule has 0 saturated carbocycles. The van der Waals surface area contributed by atoms with E-state index in [1.807, 2.05) is 42.5 Å². The molecule has 0 atom stereocenters. The van der Waals surface area contributed by atoms with Crippen molar-refractivity contribution in [2.75, 3.05) is 12.4 Å². The van der Waals surface area contributed by atoms with Crippen LogP contribution in [0.5, 0.6) is 5.75 Å². The Kier molecular flexibility index (Phi) is 5.97. The summed E-state index contributed by atoms with van der Waals surface area (Å²) >= 11 is 12.2. The van der Waals surface area contributed by atoms with E-state index in [1.165, 1.54) is 19.2 Å². The van der Waals surface area contributed by atoms with Gasteiger partial charge in [-0.3, -0.25) is 4.79 Å². The first-order valence-corrected chi connectivity index (χ1v) is 11.2. The highest BCUT2D eigenvalue weighted by atomic mass is 35.5. The van der Waals surface area contributed by atoms with Gasteiger partial charge in [-0.2, -0.15) is 0 Å². The number of fused-ring (bicyclic) bond motifs is 1. The molecule has 0 fully saturated rings. The number of methoxy groups -OCH3 is 1. The minimum absolute atomic E-state index is 0.236. The molecule has 5 nitrogen and oxygen atoms in total. The van der Waals surface area contributed by atoms with Gasteiger partial charge in [0.1, 0.15) is 11.3 Å². The summed E-state index contributed by atoms with van der Waals surface area (Å²) in [5, 5.41) is 3.43. The van der Waals surface area contributed by atoms with Crippen LogP contribution < -0.4 is 10.1 Å². The molecule has 7 heteroatoms. The first-order valence-electron chi connectivity index (χ1n) is 10.4. The molecule has 34 heavy (non-hydrogen) atoms. The fourth-order valence-electron chi connectivity index (χ4n) is 3.70. The second-order valence-electron chi connectivity index (χ2n) is 7.57. The van der Waals surface area contributed by atoms with Crippen LogP contribution in [0.25, 0.3) is 33.7 Å². The highest BCUT2D eigenvalue weighted by Crippen LogP contribution is 2.33. The molecule has 5 rings (SSSR count). The lowest BCUT2D eigenvalue weighted by Gasteiger charge is -2.11. The SMILES string of the molecule is COc1c(Cl)cc(Cl)cc1C(=O)Nc1ccc2oc(-c3ccc(-c4ccccc4)cc3)nc2c1. The Bertz CT molecular complexity index is 1500. The van der Waals surface area contributed by atoms with E-state index in [0.717, 1.165) is 16.7 Å². The quantitative estimate of drug-likeness (QED) is 0.274. The van der Waals surface area contributed by atoms with Crippen LogP contribution in [0.15, 0.2) is 89.3 Å². The first-order chi connectivity index (χ1) is 16.5. The molecule has 5 aromatic rings. The highest BCUT2D eigenvalue weighted by Gasteiger charge is 2.18. The zero-order valence-corrected chi connectivity index (χ0v) is 19.5. The molecule has 0 spiro atoms. The van der Waals surface area contributed by atoms with Crippen LogP contribution in [0.4, 0.5) is 5.69 Å². The number of oxazole rings is 1. The van der Waals surface area contributed by atoms with Gasteiger partial charge in [-0.1, -0.05) is 65.7 Å². The number of amides is 1. The number of rotatable bonds is 5. The van der Waals surface area contributed by atoms with Gasteiger partial charge in [0.2, 0.25) is 5.89 Å². The van der Waals surface area contributed by atoms with E-state index in [4.69, 9.17) is 32.4 Å². The molecule has 0 aliphatic carbocycles. The van der Waals surface area contributed by atoms with E-state index in [0.29, 0.717) is 27.7 Å². The zero-order chi connectivity index (χ0) is 23.7. The number of carbonyl (C=O) groups is 1. The third-order valence-corrected chi connectivity index (χ3v) is 5.84. The van der Waals surface area contributed by atoms with Crippen molar-refractivity contribution in [2.45, 2.75) is 0 Å². The van der Waals surface area contributed by atoms with Crippen LogP contribution in [0.1, 0.15) is 10.4 Å². The topological polar surface area (TPSA) is 64.4 Å². The summed E-state index contributed by atoms with van der Waals surface area (Å²) in [5.41, 5.74) is 5.14. The molecule has 1 aromatic heterocycles. The Labute approximate surface area is 205 Å². The monoisotopic (exact) mass is 488 g/mol. The van der Waals surface area contributed by atoms with E-state index in [9.17, 15) is 4.79 Å². The largest absolute Gasteiger partial charge is 0.494 e. The summed E-state index contributed by atoms with van der Waals surface area (Å²) in [4.78, 5) is 17.5. The Morgan fingerprint density at radius 2 is 1.59 bits per heavy atom. The zero-order valence-electron chi connectivity index (χ0n) is 18.0. The van der Waals surface area contributed by atoms with Crippen LogP contribution in [0.3, 0.4) is 0 Å². The Hall–Kier alpha value is -3.80. The second-order valence-corrected chi connectivity index (χ2v) is 8.41. The smallest absolute Gasteiger partial charge is 0.259 e. The number of benzene rings is 4. The van der Waals surface area contributed by atoms with Gasteiger partial charge in [0, 0.05) is 16.3 Å². The predicted molar refractivity (Wildman–Crippen MR) is 136 cm³/mol. The lowest BCUT2D eigenvalue weighted by atomic mass is 10.0. The van der Waals surface area contributed by atoms with Crippen molar-refractivity contribution in [3.05, 3.63) is 101 Å². The van der Waals surface area contributed by atoms with Gasteiger partial charge < -0.3 is 14.5 Å². The van der Waals surface area contributed by atoms with Crippen LogP contribution in [-0.2, 0) is 0 Å². The van der Waals surface area contributed by atoms with Crippen molar-refractivity contribution < 1.29 is 13.9 Å². The molecule has 0 radical (unpaired) electrons. The molecule has 1 N–H and O–H groups in total. The molecule has 4 aromatic carbocycles. The molecule has 0 aliphatic rings. The summed E-state index contributed by atoms with van der Waals surface area (Å²) in [5.74, 6) is 0.356. The van der Waals surface area contributed by atoms with Crippen molar-refractivity contribution in [1.82, 2.24) is 4.98 Å². The van der Waals surface area contributed by atoms with E-state index < -0.39 is 5.91 Å². The predicted octanol–water partition coefficient (Wildman–Crippen LogP) is 7.73. The number of ether oxygens (including phenoxy) is 1. The van der Waals surface area contributed by atoms with Crippen LogP contribution in [0, 0.1) is 0 Å². The average Bonchev–Trinajstić information content (AvgIpc) is 3.28. The third kappa shape index (κ3) is 4.36. The number of hydrogen-bond donors (Lipinski definition) is 1. The molecule has 1 amide bonds. The molecular formula is C27H18Cl2N2O3. The van der Waals surface area contributed by atoms with Gasteiger partial charge in [0.05, 0.1) is 17.7 Å². The Morgan fingerprint density at radius 3 is 2.32 bits per heavy atom. The van der Waals surface area contributed by atoms with Gasteiger partial charge in [0.25, 0.3) is 5.91 Å². The number of anilines is 1. The highest BCUT2D eigenvalue weighted by molar-refractivity contribution is 6.36. The van der Waals surface area contributed by atoms with Gasteiger partial charge in [-0.05, 0) is 53.6 Å². The Balaban J connectivity index is 1.40. The second kappa shape index (κ2) is 9.21. The van der Waals surface area contributed by atoms with Crippen molar-refractivity contribution in [3.8, 4) is 28.3 Å². The summed E-state index contributed by atoms with van der Waals surface area (Å²) in [6.07, 6.45) is 0. The van der Waals surface area contributed by atoms with Crippen LogP contribution >= 0.6 is 23.2 Å². The van der Waals surface area contributed by atoms with Crippen LogP contribution in [-0.4, -0.2) is 18.0 Å². The van der Waals surface area contributed by atoms with Crippen molar-refractivity contribution >= 4 is 45.9 Å². The molecular weight excluding hydrogens is 471 g/mol. The molecule has 0 aliphatic heterocycles. The van der Waals surface area contributed by atoms with Gasteiger partial charge in [-0.25, -0.2) is 4.98 Å². The third-order valence-electron chi connectivity index (χ3n) is 5.34. The minimum Gasteiger partial charge on any atom is -0.494 e. The first kappa shape index (κ1) is 22.0. The summed E-state index contributed by atoms with van der Waals surface area (Å²) in [6, 6.07) is 26.5. The van der Waals surface area contributed by atoms with E-state index in [2.05, 4.69) is 22.4 Å².